The van der Waals surface area contributed by atoms with Crippen LogP contribution in [0.15, 0.2) is 57.3 Å². The molecule has 0 bridgehead atoms. The highest BCUT2D eigenvalue weighted by atomic mass is 32.2. The second-order valence-corrected chi connectivity index (χ2v) is 8.12. The smallest absolute Gasteiger partial charge is 0.237 e. The Labute approximate surface area is 165 Å². The molecule has 1 amide bonds. The van der Waals surface area contributed by atoms with Crippen molar-refractivity contribution in [1.82, 2.24) is 20.1 Å². The lowest BCUT2D eigenvalue weighted by molar-refractivity contribution is -0.127. The molecular formula is C19H20N4O2S2. The van der Waals surface area contributed by atoms with Crippen molar-refractivity contribution in [3.63, 3.8) is 0 Å². The molecule has 3 heterocycles. The zero-order valence-corrected chi connectivity index (χ0v) is 16.4. The summed E-state index contributed by atoms with van der Waals surface area (Å²) in [5, 5.41) is 9.74. The number of carbonyl (C=O) groups is 1. The summed E-state index contributed by atoms with van der Waals surface area (Å²) in [6, 6.07) is 7.72. The topological polar surface area (TPSA) is 75.0 Å². The van der Waals surface area contributed by atoms with E-state index in [0.29, 0.717) is 17.5 Å². The van der Waals surface area contributed by atoms with Crippen LogP contribution in [0.25, 0.3) is 10.7 Å². The van der Waals surface area contributed by atoms with Crippen molar-refractivity contribution in [1.29, 1.82) is 0 Å². The Morgan fingerprint density at radius 2 is 2.30 bits per heavy atom. The fourth-order valence-electron chi connectivity index (χ4n) is 3.01. The molecule has 0 radical (unpaired) electrons. The Morgan fingerprint density at radius 3 is 3.04 bits per heavy atom. The molecule has 27 heavy (non-hydrogen) atoms. The standard InChI is InChI=1S/C19H20N4O2S2/c24-17(13-27-19-20-18(21-22-19)16-9-5-11-26-16)23(12-15-8-4-10-25-15)14-6-2-1-3-7-14/h4-6,8-11H,1-3,7,12-13H2,(H,20,21,22). The van der Waals surface area contributed by atoms with E-state index in [2.05, 4.69) is 21.3 Å². The minimum atomic E-state index is 0.0482. The lowest BCUT2D eigenvalue weighted by Crippen LogP contribution is -2.32. The number of allylic oxidation sites excluding steroid dienone is 2. The molecule has 0 aliphatic heterocycles. The predicted molar refractivity (Wildman–Crippen MR) is 106 cm³/mol. The third-order valence-electron chi connectivity index (χ3n) is 4.35. The van der Waals surface area contributed by atoms with E-state index >= 15 is 0 Å². The van der Waals surface area contributed by atoms with Crippen LogP contribution in [0.3, 0.4) is 0 Å². The van der Waals surface area contributed by atoms with Crippen molar-refractivity contribution in [2.24, 2.45) is 0 Å². The molecule has 1 aliphatic carbocycles. The van der Waals surface area contributed by atoms with Crippen molar-refractivity contribution in [2.45, 2.75) is 37.4 Å². The molecular weight excluding hydrogens is 380 g/mol. The molecule has 4 rings (SSSR count). The highest BCUT2D eigenvalue weighted by Gasteiger charge is 2.21. The number of amides is 1. The Morgan fingerprint density at radius 1 is 1.33 bits per heavy atom. The fraction of sp³-hybridized carbons (Fsp3) is 0.316. The lowest BCUT2D eigenvalue weighted by atomic mass is 10.0. The van der Waals surface area contributed by atoms with Gasteiger partial charge in [-0.05, 0) is 49.3 Å². The molecule has 0 aromatic carbocycles. The second kappa shape index (κ2) is 8.58. The first-order valence-corrected chi connectivity index (χ1v) is 10.8. The Bertz CT molecular complexity index is 900. The molecule has 0 spiro atoms. The Hall–Kier alpha value is -2.32. The molecule has 0 fully saturated rings. The molecule has 3 aromatic heterocycles. The van der Waals surface area contributed by atoms with Crippen LogP contribution in [-0.2, 0) is 11.3 Å². The molecule has 0 atom stereocenters. The number of carbonyl (C=O) groups excluding carboxylic acids is 1. The summed E-state index contributed by atoms with van der Waals surface area (Å²) in [6.07, 6.45) is 8.07. The van der Waals surface area contributed by atoms with E-state index in [0.717, 1.165) is 41.4 Å². The van der Waals surface area contributed by atoms with E-state index in [1.807, 2.05) is 34.5 Å². The molecule has 8 heteroatoms. The highest BCUT2D eigenvalue weighted by molar-refractivity contribution is 7.99. The van der Waals surface area contributed by atoms with Crippen LogP contribution in [-0.4, -0.2) is 31.7 Å². The molecule has 0 saturated carbocycles. The van der Waals surface area contributed by atoms with Crippen LogP contribution in [0.4, 0.5) is 0 Å². The SMILES string of the molecule is O=C(CSc1n[nH]c(-c2cccs2)n1)N(Cc1ccco1)C1=CCCCC1. The number of aromatic amines is 1. The van der Waals surface area contributed by atoms with Gasteiger partial charge < -0.3 is 9.32 Å². The second-order valence-electron chi connectivity index (χ2n) is 6.23. The zero-order valence-electron chi connectivity index (χ0n) is 14.8. The monoisotopic (exact) mass is 400 g/mol. The summed E-state index contributed by atoms with van der Waals surface area (Å²) in [5.41, 5.74) is 1.09. The highest BCUT2D eigenvalue weighted by Crippen LogP contribution is 2.26. The van der Waals surface area contributed by atoms with Gasteiger partial charge in [-0.3, -0.25) is 9.89 Å². The van der Waals surface area contributed by atoms with Gasteiger partial charge in [0.05, 0.1) is 23.4 Å². The maximum absolute atomic E-state index is 12.9. The Kier molecular flexibility index (Phi) is 5.74. The van der Waals surface area contributed by atoms with E-state index < -0.39 is 0 Å². The van der Waals surface area contributed by atoms with Crippen LogP contribution in [0, 0.1) is 0 Å². The van der Waals surface area contributed by atoms with Gasteiger partial charge in [-0.25, -0.2) is 4.98 Å². The number of thiophene rings is 1. The number of thioether (sulfide) groups is 1. The van der Waals surface area contributed by atoms with Crippen LogP contribution < -0.4 is 0 Å². The van der Waals surface area contributed by atoms with Crippen molar-refractivity contribution < 1.29 is 9.21 Å². The Balaban J connectivity index is 1.42. The van der Waals surface area contributed by atoms with E-state index in [1.54, 1.807) is 17.6 Å². The average molecular weight is 401 g/mol. The molecule has 1 aliphatic rings. The van der Waals surface area contributed by atoms with E-state index in [1.165, 1.54) is 18.2 Å². The van der Waals surface area contributed by atoms with Gasteiger partial charge in [0.25, 0.3) is 0 Å². The molecule has 1 N–H and O–H groups in total. The van der Waals surface area contributed by atoms with Crippen molar-refractivity contribution >= 4 is 29.0 Å². The summed E-state index contributed by atoms with van der Waals surface area (Å²) < 4.78 is 5.46. The van der Waals surface area contributed by atoms with Crippen molar-refractivity contribution in [2.75, 3.05) is 5.75 Å². The average Bonchev–Trinajstić information content (AvgIpc) is 3.47. The number of hydrogen-bond donors (Lipinski definition) is 1. The number of hydrogen-bond acceptors (Lipinski definition) is 6. The fourth-order valence-corrected chi connectivity index (χ4v) is 4.35. The summed E-state index contributed by atoms with van der Waals surface area (Å²) in [6.45, 7) is 0.465. The van der Waals surface area contributed by atoms with Gasteiger partial charge in [-0.2, -0.15) is 0 Å². The maximum atomic E-state index is 12.9. The first-order valence-electron chi connectivity index (χ1n) is 8.90. The number of rotatable bonds is 7. The van der Waals surface area contributed by atoms with E-state index in [4.69, 9.17) is 4.42 Å². The third kappa shape index (κ3) is 4.51. The number of furan rings is 1. The summed E-state index contributed by atoms with van der Waals surface area (Å²) in [7, 11) is 0. The van der Waals surface area contributed by atoms with Gasteiger partial charge in [0, 0.05) is 5.70 Å². The van der Waals surface area contributed by atoms with Crippen LogP contribution in [0.1, 0.15) is 31.4 Å². The zero-order chi connectivity index (χ0) is 18.5. The summed E-state index contributed by atoms with van der Waals surface area (Å²) in [5.74, 6) is 1.87. The first kappa shape index (κ1) is 18.1. The van der Waals surface area contributed by atoms with E-state index in [-0.39, 0.29) is 5.91 Å². The quantitative estimate of drug-likeness (QED) is 0.582. The van der Waals surface area contributed by atoms with Crippen LogP contribution >= 0.6 is 23.1 Å². The number of aromatic nitrogens is 3. The maximum Gasteiger partial charge on any atom is 0.237 e. The molecule has 6 nitrogen and oxygen atoms in total. The molecule has 3 aromatic rings. The number of nitrogens with zero attached hydrogens (tertiary/aromatic N) is 3. The minimum absolute atomic E-state index is 0.0482. The summed E-state index contributed by atoms with van der Waals surface area (Å²) >= 11 is 2.96. The van der Waals surface area contributed by atoms with Crippen LogP contribution in [0.2, 0.25) is 0 Å². The third-order valence-corrected chi connectivity index (χ3v) is 6.06. The molecule has 140 valence electrons. The lowest BCUT2D eigenvalue weighted by Gasteiger charge is -2.26. The predicted octanol–water partition coefficient (Wildman–Crippen LogP) is 4.71. The van der Waals surface area contributed by atoms with Crippen LogP contribution in [0.5, 0.6) is 0 Å². The van der Waals surface area contributed by atoms with Gasteiger partial charge in [0.1, 0.15) is 5.76 Å². The number of H-pyrrole nitrogens is 1. The van der Waals surface area contributed by atoms with Gasteiger partial charge in [-0.1, -0.05) is 23.9 Å². The number of nitrogens with one attached hydrogen (secondary N) is 1. The minimum Gasteiger partial charge on any atom is -0.467 e. The molecule has 0 saturated heterocycles. The summed E-state index contributed by atoms with van der Waals surface area (Å²) in [4.78, 5) is 20.3. The van der Waals surface area contributed by atoms with Gasteiger partial charge in [-0.15, -0.1) is 16.4 Å². The largest absolute Gasteiger partial charge is 0.467 e. The molecule has 0 unspecified atom stereocenters. The first-order chi connectivity index (χ1) is 13.3. The van der Waals surface area contributed by atoms with Gasteiger partial charge >= 0.3 is 0 Å². The van der Waals surface area contributed by atoms with Crippen molar-refractivity contribution in [3.8, 4) is 10.7 Å². The van der Waals surface area contributed by atoms with Gasteiger partial charge in [0.15, 0.2) is 5.82 Å². The van der Waals surface area contributed by atoms with Gasteiger partial charge in [0.2, 0.25) is 11.1 Å². The normalized spacial score (nSPS) is 14.1. The van der Waals surface area contributed by atoms with Crippen molar-refractivity contribution in [3.05, 3.63) is 53.4 Å². The van der Waals surface area contributed by atoms with E-state index in [9.17, 15) is 4.79 Å².